The van der Waals surface area contributed by atoms with E-state index < -0.39 is 10.0 Å². The highest BCUT2D eigenvalue weighted by molar-refractivity contribution is 7.89. The van der Waals surface area contributed by atoms with E-state index in [0.717, 1.165) is 47.4 Å². The van der Waals surface area contributed by atoms with Gasteiger partial charge in [-0.25, -0.2) is 8.42 Å². The zero-order valence-corrected chi connectivity index (χ0v) is 21.2. The molecule has 0 saturated carbocycles. The lowest BCUT2D eigenvalue weighted by Crippen LogP contribution is -2.53. The Hall–Kier alpha value is -2.97. The van der Waals surface area contributed by atoms with Gasteiger partial charge in [0, 0.05) is 56.0 Å². The number of nitrogens with zero attached hydrogens (tertiary/aromatic N) is 4. The maximum Gasteiger partial charge on any atom is 0.243 e. The Labute approximate surface area is 207 Å². The molecular weight excluding hydrogens is 460 g/mol. The van der Waals surface area contributed by atoms with Gasteiger partial charge in [-0.05, 0) is 56.5 Å². The van der Waals surface area contributed by atoms with Crippen LogP contribution in [0.5, 0.6) is 0 Å². The quantitative estimate of drug-likeness (QED) is 0.556. The Kier molecular flexibility index (Phi) is 6.51. The molecule has 8 heteroatoms. The number of fused-ring (bicyclic) bond motifs is 1. The van der Waals surface area contributed by atoms with E-state index in [1.54, 1.807) is 18.2 Å². The Morgan fingerprint density at radius 2 is 1.71 bits per heavy atom. The normalized spacial score (nSPS) is 19.8. The van der Waals surface area contributed by atoms with Crippen molar-refractivity contribution in [2.75, 3.05) is 44.2 Å². The average Bonchev–Trinajstić information content (AvgIpc) is 2.88. The predicted molar refractivity (Wildman–Crippen MR) is 138 cm³/mol. The van der Waals surface area contributed by atoms with Gasteiger partial charge in [-0.3, -0.25) is 9.78 Å². The number of anilines is 1. The van der Waals surface area contributed by atoms with Gasteiger partial charge < -0.3 is 9.80 Å². The van der Waals surface area contributed by atoms with Gasteiger partial charge in [-0.15, -0.1) is 0 Å². The van der Waals surface area contributed by atoms with Crippen molar-refractivity contribution in [3.8, 4) is 0 Å². The fourth-order valence-electron chi connectivity index (χ4n) is 5.26. The maximum atomic E-state index is 13.4. The summed E-state index contributed by atoms with van der Waals surface area (Å²) < 4.78 is 27.9. The Morgan fingerprint density at radius 1 is 0.943 bits per heavy atom. The predicted octanol–water partition coefficient (Wildman–Crippen LogP) is 3.60. The van der Waals surface area contributed by atoms with Crippen molar-refractivity contribution in [3.05, 3.63) is 65.9 Å². The summed E-state index contributed by atoms with van der Waals surface area (Å²) in [4.78, 5) is 22.6. The highest BCUT2D eigenvalue weighted by atomic mass is 32.2. The molecule has 0 aliphatic carbocycles. The summed E-state index contributed by atoms with van der Waals surface area (Å²) in [6.45, 7) is 7.37. The molecule has 2 saturated heterocycles. The van der Waals surface area contributed by atoms with Crippen molar-refractivity contribution < 1.29 is 13.2 Å². The van der Waals surface area contributed by atoms with Gasteiger partial charge in [0.05, 0.1) is 16.3 Å². The Bertz CT molecular complexity index is 1350. The first-order valence-corrected chi connectivity index (χ1v) is 13.7. The zero-order chi connectivity index (χ0) is 24.6. The van der Waals surface area contributed by atoms with E-state index in [9.17, 15) is 13.2 Å². The number of pyridine rings is 1. The van der Waals surface area contributed by atoms with Crippen LogP contribution < -0.4 is 4.90 Å². The number of piperazine rings is 1. The number of rotatable bonds is 4. The Morgan fingerprint density at radius 3 is 2.49 bits per heavy atom. The van der Waals surface area contributed by atoms with Crippen molar-refractivity contribution in [3.63, 3.8) is 0 Å². The van der Waals surface area contributed by atoms with Crippen molar-refractivity contribution in [2.24, 2.45) is 5.92 Å². The summed E-state index contributed by atoms with van der Waals surface area (Å²) in [5.41, 5.74) is 4.03. The summed E-state index contributed by atoms with van der Waals surface area (Å²) in [6, 6.07) is 17.3. The number of aryl methyl sites for hydroxylation is 2. The van der Waals surface area contributed by atoms with Crippen LogP contribution in [0.15, 0.2) is 59.5 Å². The van der Waals surface area contributed by atoms with Crippen LogP contribution in [-0.2, 0) is 14.8 Å². The lowest BCUT2D eigenvalue weighted by molar-refractivity contribution is -0.137. The number of benzene rings is 2. The fraction of sp³-hybridized carbons (Fsp3) is 0.407. The van der Waals surface area contributed by atoms with E-state index in [-0.39, 0.29) is 18.4 Å². The monoisotopic (exact) mass is 492 g/mol. The molecule has 2 aromatic carbocycles. The molecule has 2 aliphatic rings. The second-order valence-electron chi connectivity index (χ2n) is 9.63. The molecule has 3 heterocycles. The SMILES string of the molecule is Cc1cccc(S(=O)(=O)N2CCCC(C(=O)N3CCN(c4cc(C)nc5ccccc45)CC3)C2)c1. The van der Waals surface area contributed by atoms with Crippen LogP contribution in [0.3, 0.4) is 0 Å². The molecule has 0 spiro atoms. The topological polar surface area (TPSA) is 73.8 Å². The van der Waals surface area contributed by atoms with Gasteiger partial charge in [0.25, 0.3) is 0 Å². The first-order chi connectivity index (χ1) is 16.8. The lowest BCUT2D eigenvalue weighted by atomic mass is 9.97. The summed E-state index contributed by atoms with van der Waals surface area (Å²) in [6.07, 6.45) is 1.43. The zero-order valence-electron chi connectivity index (χ0n) is 20.4. The van der Waals surface area contributed by atoms with Gasteiger partial charge in [-0.2, -0.15) is 4.31 Å². The van der Waals surface area contributed by atoms with Crippen LogP contribution in [0.1, 0.15) is 24.1 Å². The van der Waals surface area contributed by atoms with Crippen LogP contribution in [0.2, 0.25) is 0 Å². The molecule has 35 heavy (non-hydrogen) atoms. The highest BCUT2D eigenvalue weighted by Gasteiger charge is 2.36. The van der Waals surface area contributed by atoms with Crippen LogP contribution in [0.25, 0.3) is 10.9 Å². The number of hydrogen-bond donors (Lipinski definition) is 0. The van der Waals surface area contributed by atoms with Crippen molar-refractivity contribution in [1.29, 1.82) is 0 Å². The second kappa shape index (κ2) is 9.59. The van der Waals surface area contributed by atoms with Gasteiger partial charge in [0.15, 0.2) is 0 Å². The number of piperidine rings is 1. The maximum absolute atomic E-state index is 13.4. The Balaban J connectivity index is 1.26. The molecule has 0 bridgehead atoms. The molecule has 2 fully saturated rings. The van der Waals surface area contributed by atoms with E-state index in [1.807, 2.05) is 43.0 Å². The van der Waals surface area contributed by atoms with Crippen molar-refractivity contribution in [2.45, 2.75) is 31.6 Å². The molecule has 2 aliphatic heterocycles. The van der Waals surface area contributed by atoms with Crippen molar-refractivity contribution in [1.82, 2.24) is 14.2 Å². The lowest BCUT2D eigenvalue weighted by Gasteiger charge is -2.39. The number of hydrogen-bond acceptors (Lipinski definition) is 5. The standard InChI is InChI=1S/C27H32N4O3S/c1-20-7-5-9-23(17-20)35(33,34)31-12-6-8-22(19-31)27(32)30-15-13-29(14-16-30)26-18-21(2)28-25-11-4-3-10-24(25)26/h3-5,7,9-11,17-18,22H,6,8,12-16,19H2,1-2H3. The third-order valence-corrected chi connectivity index (χ3v) is 8.98. The van der Waals surface area contributed by atoms with E-state index in [0.29, 0.717) is 31.0 Å². The fourth-order valence-corrected chi connectivity index (χ4v) is 6.89. The molecule has 3 aromatic rings. The van der Waals surface area contributed by atoms with Gasteiger partial charge in [-0.1, -0.05) is 30.3 Å². The largest absolute Gasteiger partial charge is 0.367 e. The first kappa shape index (κ1) is 23.8. The third kappa shape index (κ3) is 4.77. The smallest absolute Gasteiger partial charge is 0.243 e. The van der Waals surface area contributed by atoms with E-state index in [4.69, 9.17) is 0 Å². The minimum Gasteiger partial charge on any atom is -0.367 e. The number of sulfonamides is 1. The van der Waals surface area contributed by atoms with E-state index in [2.05, 4.69) is 22.0 Å². The molecule has 1 unspecified atom stereocenters. The molecular formula is C27H32N4O3S. The van der Waals surface area contributed by atoms with Gasteiger partial charge in [0.1, 0.15) is 0 Å². The number of carbonyl (C=O) groups is 1. The first-order valence-electron chi connectivity index (χ1n) is 12.3. The minimum atomic E-state index is -3.60. The third-order valence-electron chi connectivity index (χ3n) is 7.12. The summed E-state index contributed by atoms with van der Waals surface area (Å²) in [5, 5.41) is 1.13. The van der Waals surface area contributed by atoms with E-state index in [1.165, 1.54) is 4.31 Å². The molecule has 5 rings (SSSR count). The summed E-state index contributed by atoms with van der Waals surface area (Å²) >= 11 is 0. The molecule has 1 atom stereocenters. The van der Waals surface area contributed by atoms with Gasteiger partial charge >= 0.3 is 0 Å². The van der Waals surface area contributed by atoms with Crippen LogP contribution in [0, 0.1) is 19.8 Å². The molecule has 1 amide bonds. The molecule has 0 radical (unpaired) electrons. The highest BCUT2D eigenvalue weighted by Crippen LogP contribution is 2.29. The van der Waals surface area contributed by atoms with Crippen LogP contribution in [0.4, 0.5) is 5.69 Å². The molecule has 0 N–H and O–H groups in total. The van der Waals surface area contributed by atoms with Crippen LogP contribution in [-0.4, -0.2) is 67.8 Å². The number of amides is 1. The number of carbonyl (C=O) groups excluding carboxylic acids is 1. The van der Waals surface area contributed by atoms with Gasteiger partial charge in [0.2, 0.25) is 15.9 Å². The number of aromatic nitrogens is 1. The number of para-hydroxylation sites is 1. The molecule has 7 nitrogen and oxygen atoms in total. The average molecular weight is 493 g/mol. The minimum absolute atomic E-state index is 0.0737. The van der Waals surface area contributed by atoms with E-state index >= 15 is 0 Å². The summed E-state index contributed by atoms with van der Waals surface area (Å²) in [7, 11) is -3.60. The molecule has 184 valence electrons. The van der Waals surface area contributed by atoms with Crippen molar-refractivity contribution >= 4 is 32.5 Å². The summed E-state index contributed by atoms with van der Waals surface area (Å²) in [5.74, 6) is -0.219. The van der Waals surface area contributed by atoms with Crippen LogP contribution >= 0.6 is 0 Å². The second-order valence-corrected chi connectivity index (χ2v) is 11.6. The molecule has 1 aromatic heterocycles.